The lowest BCUT2D eigenvalue weighted by Crippen LogP contribution is -2.30. The minimum atomic E-state index is -0.776. The van der Waals surface area contributed by atoms with Gasteiger partial charge in [-0.15, -0.1) is 0 Å². The standard InChI is InChI=1S/C65H120O6/c1-4-7-10-13-16-19-22-25-28-30-32-34-35-37-40-43-46-49-52-55-58-64(67)70-61-62(60-69-63(66)57-54-51-48-45-42-39-27-24-21-18-15-12-9-6-3)71-65(68)59-56-53-50-47-44-41-38-36-33-31-29-26-23-20-17-14-11-8-5-2/h17,20,26,29,33,36,62H,4-16,18-19,21-25,27-28,30-32,34-35,37-61H2,1-3H3/b20-17-,29-26-,36-33-. The van der Waals surface area contributed by atoms with Crippen LogP contribution < -0.4 is 0 Å². The average Bonchev–Trinajstić information content (AvgIpc) is 3.37. The number of esters is 3. The lowest BCUT2D eigenvalue weighted by Gasteiger charge is -2.18. The van der Waals surface area contributed by atoms with Gasteiger partial charge in [0, 0.05) is 19.3 Å². The molecule has 71 heavy (non-hydrogen) atoms. The topological polar surface area (TPSA) is 78.9 Å². The molecule has 0 rings (SSSR count). The normalized spacial score (nSPS) is 12.2. The smallest absolute Gasteiger partial charge is 0.306 e. The molecule has 0 aliphatic heterocycles. The fraction of sp³-hybridized carbons (Fsp3) is 0.862. The fourth-order valence-electron chi connectivity index (χ4n) is 9.39. The third-order valence-electron chi connectivity index (χ3n) is 14.1. The van der Waals surface area contributed by atoms with Gasteiger partial charge in [0.05, 0.1) is 0 Å². The maximum Gasteiger partial charge on any atom is 0.306 e. The van der Waals surface area contributed by atoms with Crippen molar-refractivity contribution in [3.05, 3.63) is 36.5 Å². The van der Waals surface area contributed by atoms with E-state index in [4.69, 9.17) is 14.2 Å². The molecule has 416 valence electrons. The number of carbonyl (C=O) groups excluding carboxylic acids is 3. The van der Waals surface area contributed by atoms with Crippen molar-refractivity contribution in [1.82, 2.24) is 0 Å². The van der Waals surface area contributed by atoms with Crippen LogP contribution in [0.3, 0.4) is 0 Å². The van der Waals surface area contributed by atoms with Gasteiger partial charge in [0.15, 0.2) is 6.10 Å². The van der Waals surface area contributed by atoms with Crippen LogP contribution in [-0.2, 0) is 28.6 Å². The zero-order chi connectivity index (χ0) is 51.4. The monoisotopic (exact) mass is 997 g/mol. The van der Waals surface area contributed by atoms with Gasteiger partial charge in [-0.2, -0.15) is 0 Å². The molecule has 1 atom stereocenters. The van der Waals surface area contributed by atoms with E-state index in [0.29, 0.717) is 19.3 Å². The minimum Gasteiger partial charge on any atom is -0.462 e. The summed E-state index contributed by atoms with van der Waals surface area (Å²) in [7, 11) is 0. The Kier molecular flexibility index (Phi) is 58.2. The van der Waals surface area contributed by atoms with Crippen LogP contribution in [0.15, 0.2) is 36.5 Å². The molecule has 0 aromatic carbocycles. The summed E-state index contributed by atoms with van der Waals surface area (Å²) >= 11 is 0. The molecule has 6 nitrogen and oxygen atoms in total. The first-order chi connectivity index (χ1) is 35.0. The van der Waals surface area contributed by atoms with Crippen LogP contribution in [-0.4, -0.2) is 37.2 Å². The van der Waals surface area contributed by atoms with Gasteiger partial charge in [-0.05, 0) is 57.8 Å². The first-order valence-electron chi connectivity index (χ1n) is 31.5. The van der Waals surface area contributed by atoms with Crippen LogP contribution >= 0.6 is 0 Å². The lowest BCUT2D eigenvalue weighted by molar-refractivity contribution is -0.167. The van der Waals surface area contributed by atoms with Crippen molar-refractivity contribution in [1.29, 1.82) is 0 Å². The van der Waals surface area contributed by atoms with E-state index in [1.165, 1.54) is 225 Å². The number of carbonyl (C=O) groups is 3. The van der Waals surface area contributed by atoms with Gasteiger partial charge in [0.1, 0.15) is 13.2 Å². The first kappa shape index (κ1) is 68.6. The average molecular weight is 998 g/mol. The highest BCUT2D eigenvalue weighted by atomic mass is 16.6. The number of rotatable bonds is 58. The highest BCUT2D eigenvalue weighted by Gasteiger charge is 2.19. The second kappa shape index (κ2) is 60.2. The summed E-state index contributed by atoms with van der Waals surface area (Å²) in [6.45, 7) is 6.66. The Morgan fingerprint density at radius 2 is 0.507 bits per heavy atom. The number of hydrogen-bond donors (Lipinski definition) is 0. The molecule has 0 spiro atoms. The van der Waals surface area contributed by atoms with Gasteiger partial charge >= 0.3 is 17.9 Å². The Labute approximate surface area is 442 Å². The molecule has 0 aromatic heterocycles. The molecule has 0 heterocycles. The molecule has 0 radical (unpaired) electrons. The highest BCUT2D eigenvalue weighted by Crippen LogP contribution is 2.17. The summed E-state index contributed by atoms with van der Waals surface area (Å²) in [5.41, 5.74) is 0. The van der Waals surface area contributed by atoms with Crippen LogP contribution in [0.4, 0.5) is 0 Å². The Morgan fingerprint density at radius 3 is 0.817 bits per heavy atom. The largest absolute Gasteiger partial charge is 0.462 e. The van der Waals surface area contributed by atoms with Gasteiger partial charge in [0.25, 0.3) is 0 Å². The van der Waals surface area contributed by atoms with Crippen LogP contribution in [0.2, 0.25) is 0 Å². The number of hydrogen-bond acceptors (Lipinski definition) is 6. The minimum absolute atomic E-state index is 0.0722. The molecule has 1 unspecified atom stereocenters. The Morgan fingerprint density at radius 1 is 0.282 bits per heavy atom. The molecule has 0 amide bonds. The van der Waals surface area contributed by atoms with Gasteiger partial charge in [-0.1, -0.05) is 301 Å². The maximum absolute atomic E-state index is 12.9. The summed E-state index contributed by atoms with van der Waals surface area (Å²) in [6.07, 6.45) is 72.8. The number of ether oxygens (including phenoxy) is 3. The van der Waals surface area contributed by atoms with Crippen LogP contribution in [0, 0.1) is 0 Å². The molecule has 0 N–H and O–H groups in total. The van der Waals surface area contributed by atoms with E-state index in [9.17, 15) is 14.4 Å². The number of allylic oxidation sites excluding steroid dienone is 6. The Hall–Kier alpha value is -2.37. The third kappa shape index (κ3) is 58.4. The molecule has 0 fully saturated rings. The number of unbranched alkanes of at least 4 members (excludes halogenated alkanes) is 41. The Balaban J connectivity index is 4.33. The Bertz CT molecular complexity index is 1190. The third-order valence-corrected chi connectivity index (χ3v) is 14.1. The molecule has 0 aliphatic carbocycles. The molecule has 0 bridgehead atoms. The van der Waals surface area contributed by atoms with Gasteiger partial charge in [0.2, 0.25) is 0 Å². The van der Waals surface area contributed by atoms with E-state index in [-0.39, 0.29) is 31.1 Å². The van der Waals surface area contributed by atoms with Gasteiger partial charge < -0.3 is 14.2 Å². The molecule has 6 heteroatoms. The van der Waals surface area contributed by atoms with Crippen LogP contribution in [0.1, 0.15) is 342 Å². The van der Waals surface area contributed by atoms with Crippen molar-refractivity contribution >= 4 is 17.9 Å². The molecular formula is C65H120O6. The molecule has 0 aliphatic rings. The second-order valence-corrected chi connectivity index (χ2v) is 21.3. The zero-order valence-corrected chi connectivity index (χ0v) is 47.8. The van der Waals surface area contributed by atoms with Crippen LogP contribution in [0.25, 0.3) is 0 Å². The van der Waals surface area contributed by atoms with E-state index in [1.807, 2.05) is 0 Å². The molecule has 0 saturated carbocycles. The summed E-state index contributed by atoms with van der Waals surface area (Å²) < 4.78 is 16.9. The molecular weight excluding hydrogens is 877 g/mol. The van der Waals surface area contributed by atoms with Crippen molar-refractivity contribution in [2.24, 2.45) is 0 Å². The van der Waals surface area contributed by atoms with Crippen molar-refractivity contribution in [3.63, 3.8) is 0 Å². The summed E-state index contributed by atoms with van der Waals surface area (Å²) in [5, 5.41) is 0. The van der Waals surface area contributed by atoms with Crippen molar-refractivity contribution in [2.45, 2.75) is 348 Å². The van der Waals surface area contributed by atoms with E-state index in [0.717, 1.165) is 77.0 Å². The summed E-state index contributed by atoms with van der Waals surface area (Å²) in [5.74, 6) is -0.860. The van der Waals surface area contributed by atoms with Gasteiger partial charge in [-0.25, -0.2) is 0 Å². The molecule has 0 aromatic rings. The van der Waals surface area contributed by atoms with E-state index >= 15 is 0 Å². The van der Waals surface area contributed by atoms with E-state index in [1.54, 1.807) is 0 Å². The first-order valence-corrected chi connectivity index (χ1v) is 31.5. The van der Waals surface area contributed by atoms with Crippen molar-refractivity contribution < 1.29 is 28.6 Å². The SMILES string of the molecule is CCCCC/C=C\C/C=C\C/C=C\CCCCCCCCC(=O)OC(COC(=O)CCCCCCCCCCCCCCCC)COC(=O)CCCCCCCCCCCCCCCCCCCCCC. The fourth-order valence-corrected chi connectivity index (χ4v) is 9.39. The summed E-state index contributed by atoms with van der Waals surface area (Å²) in [6, 6.07) is 0. The second-order valence-electron chi connectivity index (χ2n) is 21.3. The van der Waals surface area contributed by atoms with Gasteiger partial charge in [-0.3, -0.25) is 14.4 Å². The van der Waals surface area contributed by atoms with Crippen molar-refractivity contribution in [3.8, 4) is 0 Å². The van der Waals surface area contributed by atoms with Crippen molar-refractivity contribution in [2.75, 3.05) is 13.2 Å². The zero-order valence-electron chi connectivity index (χ0n) is 47.8. The quantitative estimate of drug-likeness (QED) is 0.0261. The predicted octanol–water partition coefficient (Wildman–Crippen LogP) is 21.2. The predicted molar refractivity (Wildman–Crippen MR) is 307 cm³/mol. The van der Waals surface area contributed by atoms with E-state index in [2.05, 4.69) is 57.2 Å². The van der Waals surface area contributed by atoms with Crippen LogP contribution in [0.5, 0.6) is 0 Å². The maximum atomic E-state index is 12.9. The summed E-state index contributed by atoms with van der Waals surface area (Å²) in [4.78, 5) is 38.3. The molecule has 0 saturated heterocycles. The van der Waals surface area contributed by atoms with E-state index < -0.39 is 6.10 Å². The lowest BCUT2D eigenvalue weighted by atomic mass is 10.0. The highest BCUT2D eigenvalue weighted by molar-refractivity contribution is 5.71.